The largest absolute Gasteiger partial charge is 0.381 e. The number of aryl methyl sites for hydroxylation is 1. The Morgan fingerprint density at radius 3 is 2.89 bits per heavy atom. The minimum absolute atomic E-state index is 0.0561. The van der Waals surface area contributed by atoms with Crippen molar-refractivity contribution in [1.29, 1.82) is 5.26 Å². The maximum atomic E-state index is 13.4. The summed E-state index contributed by atoms with van der Waals surface area (Å²) in [7, 11) is 0. The number of nitrogens with zero attached hydrogens (tertiary/aromatic N) is 2. The van der Waals surface area contributed by atoms with E-state index in [-0.39, 0.29) is 5.56 Å². The Bertz CT molecular complexity index is 602. The second-order valence-corrected chi connectivity index (χ2v) is 3.96. The lowest BCUT2D eigenvalue weighted by Gasteiger charge is -2.08. The molecule has 0 saturated carbocycles. The van der Waals surface area contributed by atoms with Gasteiger partial charge in [-0.05, 0) is 42.3 Å². The smallest absolute Gasteiger partial charge is 0.143 e. The van der Waals surface area contributed by atoms with Crippen molar-refractivity contribution in [2.24, 2.45) is 0 Å². The third-order valence-corrected chi connectivity index (χ3v) is 2.71. The van der Waals surface area contributed by atoms with Gasteiger partial charge in [0.2, 0.25) is 0 Å². The minimum Gasteiger partial charge on any atom is -0.381 e. The highest BCUT2D eigenvalue weighted by Gasteiger charge is 2.03. The van der Waals surface area contributed by atoms with Crippen LogP contribution in [0.2, 0.25) is 0 Å². The summed E-state index contributed by atoms with van der Waals surface area (Å²) in [5, 5.41) is 11.8. The normalized spacial score (nSPS) is 9.83. The number of anilines is 1. The van der Waals surface area contributed by atoms with Crippen LogP contribution >= 0.6 is 0 Å². The molecule has 0 fully saturated rings. The molecule has 1 heterocycles. The molecular formula is C14H12FN3. The minimum atomic E-state index is -0.506. The Balaban J connectivity index is 2.10. The van der Waals surface area contributed by atoms with Crippen molar-refractivity contribution < 1.29 is 4.39 Å². The summed E-state index contributed by atoms with van der Waals surface area (Å²) in [5.41, 5.74) is 2.90. The van der Waals surface area contributed by atoms with Gasteiger partial charge < -0.3 is 5.32 Å². The van der Waals surface area contributed by atoms with Crippen molar-refractivity contribution in [3.05, 3.63) is 59.2 Å². The van der Waals surface area contributed by atoms with Gasteiger partial charge in [0.05, 0.1) is 5.56 Å². The van der Waals surface area contributed by atoms with E-state index in [9.17, 15) is 4.39 Å². The van der Waals surface area contributed by atoms with E-state index >= 15 is 0 Å². The van der Waals surface area contributed by atoms with E-state index in [0.717, 1.165) is 11.1 Å². The molecule has 0 aliphatic carbocycles. The van der Waals surface area contributed by atoms with Gasteiger partial charge in [-0.3, -0.25) is 4.98 Å². The zero-order valence-electron chi connectivity index (χ0n) is 9.94. The highest BCUT2D eigenvalue weighted by Crippen LogP contribution is 2.15. The van der Waals surface area contributed by atoms with E-state index in [4.69, 9.17) is 5.26 Å². The van der Waals surface area contributed by atoms with Crippen molar-refractivity contribution in [3.8, 4) is 6.07 Å². The molecule has 0 spiro atoms. The van der Waals surface area contributed by atoms with Crippen LogP contribution in [0.25, 0.3) is 0 Å². The predicted octanol–water partition coefficient (Wildman–Crippen LogP) is 3.01. The summed E-state index contributed by atoms with van der Waals surface area (Å²) in [6.07, 6.45) is 3.51. The van der Waals surface area contributed by atoms with Gasteiger partial charge >= 0.3 is 0 Å². The van der Waals surface area contributed by atoms with E-state index in [1.54, 1.807) is 24.5 Å². The third kappa shape index (κ3) is 2.64. The van der Waals surface area contributed by atoms with Gasteiger partial charge in [-0.15, -0.1) is 0 Å². The molecule has 0 unspecified atom stereocenters. The van der Waals surface area contributed by atoms with Gasteiger partial charge in [-0.1, -0.05) is 0 Å². The summed E-state index contributed by atoms with van der Waals surface area (Å²) in [5.74, 6) is -0.506. The summed E-state index contributed by atoms with van der Waals surface area (Å²) in [4.78, 5) is 4.01. The van der Waals surface area contributed by atoms with Crippen LogP contribution in [-0.4, -0.2) is 4.98 Å². The molecule has 1 N–H and O–H groups in total. The highest BCUT2D eigenvalue weighted by molar-refractivity contribution is 5.48. The third-order valence-electron chi connectivity index (χ3n) is 2.71. The second-order valence-electron chi connectivity index (χ2n) is 3.96. The average molecular weight is 241 g/mol. The summed E-state index contributed by atoms with van der Waals surface area (Å²) < 4.78 is 13.4. The monoisotopic (exact) mass is 241 g/mol. The molecular weight excluding hydrogens is 229 g/mol. The molecule has 0 atom stereocenters. The fourth-order valence-electron chi connectivity index (χ4n) is 1.61. The van der Waals surface area contributed by atoms with Gasteiger partial charge in [-0.25, -0.2) is 4.39 Å². The van der Waals surface area contributed by atoms with Gasteiger partial charge in [-0.2, -0.15) is 5.26 Å². The molecule has 3 nitrogen and oxygen atoms in total. The standard InChI is InChI=1S/C14H12FN3/c1-10-8-17-5-4-12(10)9-18-13-3-2-11(7-16)14(15)6-13/h2-6,8,18H,9H2,1H3. The number of hydrogen-bond donors (Lipinski definition) is 1. The first kappa shape index (κ1) is 12.1. The molecule has 0 saturated heterocycles. The van der Waals surface area contributed by atoms with E-state index in [1.807, 2.05) is 13.0 Å². The van der Waals surface area contributed by atoms with Crippen molar-refractivity contribution in [3.63, 3.8) is 0 Å². The van der Waals surface area contributed by atoms with E-state index in [2.05, 4.69) is 10.3 Å². The van der Waals surface area contributed by atoms with Gasteiger partial charge in [0, 0.05) is 24.6 Å². The van der Waals surface area contributed by atoms with Crippen LogP contribution in [0, 0.1) is 24.1 Å². The second kappa shape index (κ2) is 5.28. The summed E-state index contributed by atoms with van der Waals surface area (Å²) in [6.45, 7) is 2.57. The van der Waals surface area contributed by atoms with Gasteiger partial charge in [0.1, 0.15) is 11.9 Å². The molecule has 2 rings (SSSR count). The topological polar surface area (TPSA) is 48.7 Å². The van der Waals surface area contributed by atoms with Crippen LogP contribution in [0.5, 0.6) is 0 Å². The number of nitriles is 1. The molecule has 0 aliphatic heterocycles. The van der Waals surface area contributed by atoms with Crippen LogP contribution in [0.4, 0.5) is 10.1 Å². The maximum Gasteiger partial charge on any atom is 0.143 e. The quantitative estimate of drug-likeness (QED) is 0.898. The first-order chi connectivity index (χ1) is 8.70. The van der Waals surface area contributed by atoms with Crippen LogP contribution in [0.15, 0.2) is 36.7 Å². The van der Waals surface area contributed by atoms with Gasteiger partial charge in [0.15, 0.2) is 0 Å². The Kier molecular flexibility index (Phi) is 3.54. The lowest BCUT2D eigenvalue weighted by molar-refractivity contribution is 0.624. The van der Waals surface area contributed by atoms with Gasteiger partial charge in [0.25, 0.3) is 0 Å². The number of hydrogen-bond acceptors (Lipinski definition) is 3. The van der Waals surface area contributed by atoms with Crippen molar-refractivity contribution >= 4 is 5.69 Å². The maximum absolute atomic E-state index is 13.4. The molecule has 18 heavy (non-hydrogen) atoms. The fourth-order valence-corrected chi connectivity index (χ4v) is 1.61. The Morgan fingerprint density at radius 1 is 1.39 bits per heavy atom. The molecule has 0 bridgehead atoms. The number of aromatic nitrogens is 1. The zero-order valence-corrected chi connectivity index (χ0v) is 9.94. The SMILES string of the molecule is Cc1cnccc1CNc1ccc(C#N)c(F)c1. The van der Waals surface area contributed by atoms with Crippen molar-refractivity contribution in [2.75, 3.05) is 5.32 Å². The Morgan fingerprint density at radius 2 is 2.22 bits per heavy atom. The molecule has 0 amide bonds. The van der Waals surface area contributed by atoms with E-state index < -0.39 is 5.82 Å². The number of halogens is 1. The molecule has 1 aromatic heterocycles. The van der Waals surface area contributed by atoms with Crippen LogP contribution in [0.3, 0.4) is 0 Å². The van der Waals surface area contributed by atoms with Crippen molar-refractivity contribution in [2.45, 2.75) is 13.5 Å². The number of benzene rings is 1. The van der Waals surface area contributed by atoms with E-state index in [0.29, 0.717) is 12.2 Å². The fraction of sp³-hybridized carbons (Fsp3) is 0.143. The molecule has 2 aromatic rings. The molecule has 90 valence electrons. The predicted molar refractivity (Wildman–Crippen MR) is 67.4 cm³/mol. The molecule has 0 radical (unpaired) electrons. The number of rotatable bonds is 3. The number of nitrogens with one attached hydrogen (secondary N) is 1. The molecule has 4 heteroatoms. The van der Waals surface area contributed by atoms with Crippen LogP contribution < -0.4 is 5.32 Å². The Labute approximate surface area is 105 Å². The summed E-state index contributed by atoms with van der Waals surface area (Å²) >= 11 is 0. The summed E-state index contributed by atoms with van der Waals surface area (Å²) in [6, 6.07) is 8.20. The van der Waals surface area contributed by atoms with E-state index in [1.165, 1.54) is 12.1 Å². The average Bonchev–Trinajstić information content (AvgIpc) is 2.38. The highest BCUT2D eigenvalue weighted by atomic mass is 19.1. The Hall–Kier alpha value is -2.41. The first-order valence-corrected chi connectivity index (χ1v) is 5.53. The van der Waals surface area contributed by atoms with Crippen molar-refractivity contribution in [1.82, 2.24) is 4.98 Å². The van der Waals surface area contributed by atoms with Crippen LogP contribution in [-0.2, 0) is 6.54 Å². The lowest BCUT2D eigenvalue weighted by Crippen LogP contribution is -2.02. The zero-order chi connectivity index (χ0) is 13.0. The molecule has 0 aliphatic rings. The molecule has 1 aromatic carbocycles. The lowest BCUT2D eigenvalue weighted by atomic mass is 10.1. The number of pyridine rings is 1. The first-order valence-electron chi connectivity index (χ1n) is 5.53. The van der Waals surface area contributed by atoms with Crippen LogP contribution in [0.1, 0.15) is 16.7 Å².